The quantitative estimate of drug-likeness (QED) is 0.505. The first-order valence-corrected chi connectivity index (χ1v) is 11.1. The van der Waals surface area contributed by atoms with E-state index in [1.807, 2.05) is 20.8 Å². The van der Waals surface area contributed by atoms with Crippen LogP contribution in [0.4, 0.5) is 11.5 Å². The number of aromatic amines is 1. The smallest absolute Gasteiger partial charge is 0.330 e. The van der Waals surface area contributed by atoms with Gasteiger partial charge in [0.15, 0.2) is 5.69 Å². The van der Waals surface area contributed by atoms with Crippen molar-refractivity contribution >= 4 is 28.3 Å². The second-order valence-corrected chi connectivity index (χ2v) is 8.42. The summed E-state index contributed by atoms with van der Waals surface area (Å²) in [7, 11) is 0. The van der Waals surface area contributed by atoms with E-state index in [2.05, 4.69) is 9.97 Å². The summed E-state index contributed by atoms with van der Waals surface area (Å²) in [5, 5.41) is 0.395. The lowest BCUT2D eigenvalue weighted by Gasteiger charge is -2.25. The molecule has 3 N–H and O–H groups in total. The zero-order valence-corrected chi connectivity index (χ0v) is 19.2. The van der Waals surface area contributed by atoms with Gasteiger partial charge < -0.3 is 10.6 Å². The molecule has 0 unspecified atom stereocenters. The van der Waals surface area contributed by atoms with E-state index < -0.39 is 17.2 Å². The highest BCUT2D eigenvalue weighted by Gasteiger charge is 2.25. The number of carbonyl (C=O) groups is 1. The minimum Gasteiger partial charge on any atom is -0.383 e. The van der Waals surface area contributed by atoms with Gasteiger partial charge in [-0.05, 0) is 30.9 Å². The molecular weight excluding hydrogens is 424 g/mol. The molecule has 0 atom stereocenters. The number of para-hydroxylation sites is 1. The molecule has 0 radical (unpaired) electrons. The highest BCUT2D eigenvalue weighted by atomic mass is 16.2. The van der Waals surface area contributed by atoms with Gasteiger partial charge in [0.1, 0.15) is 12.4 Å². The summed E-state index contributed by atoms with van der Waals surface area (Å²) >= 11 is 0. The maximum atomic E-state index is 13.4. The minimum atomic E-state index is -0.730. The molecule has 10 heteroatoms. The van der Waals surface area contributed by atoms with E-state index in [-0.39, 0.29) is 36.1 Å². The van der Waals surface area contributed by atoms with Crippen LogP contribution in [0.25, 0.3) is 10.9 Å². The van der Waals surface area contributed by atoms with Crippen molar-refractivity contribution in [1.82, 2.24) is 19.1 Å². The third-order valence-electron chi connectivity index (χ3n) is 5.49. The van der Waals surface area contributed by atoms with Gasteiger partial charge in [-0.25, -0.2) is 9.78 Å². The fraction of sp³-hybridized carbons (Fsp3) is 0.435. The van der Waals surface area contributed by atoms with E-state index in [1.165, 1.54) is 20.4 Å². The number of nitrogens with two attached hydrogens (primary N) is 1. The average molecular weight is 455 g/mol. The molecule has 0 bridgehead atoms. The Morgan fingerprint density at radius 2 is 1.94 bits per heavy atom. The van der Waals surface area contributed by atoms with Crippen LogP contribution in [0.3, 0.4) is 0 Å². The first kappa shape index (κ1) is 24.0. The number of nitrogens with one attached hydrogen (secondary N) is 1. The van der Waals surface area contributed by atoms with E-state index in [4.69, 9.17) is 5.73 Å². The molecule has 0 aliphatic heterocycles. The molecule has 0 aliphatic carbocycles. The molecular formula is C23H30N6O4. The summed E-state index contributed by atoms with van der Waals surface area (Å²) in [6, 6.07) is 6.87. The van der Waals surface area contributed by atoms with Gasteiger partial charge in [-0.1, -0.05) is 39.3 Å². The number of rotatable bonds is 9. The number of unbranched alkanes of at least 4 members (excludes halogenated alkanes) is 1. The molecule has 0 saturated heterocycles. The summed E-state index contributed by atoms with van der Waals surface area (Å²) in [4.78, 5) is 59.1. The summed E-state index contributed by atoms with van der Waals surface area (Å²) in [6.45, 7) is 6.19. The predicted octanol–water partition coefficient (Wildman–Crippen LogP) is 1.71. The standard InChI is InChI=1S/C23H30N6O4/c1-4-5-11-29-20(24)19(21(31)26-23(29)33)28(12-10-15(2)3)18(30)13-27-14-25-17-9-7-6-8-16(17)22(27)32/h6-9,14-15H,4-5,10-13,24H2,1-3H3,(H,26,31,33). The number of nitrogen functional groups attached to an aromatic ring is 1. The maximum Gasteiger partial charge on any atom is 0.330 e. The van der Waals surface area contributed by atoms with Crippen molar-refractivity contribution in [2.75, 3.05) is 17.2 Å². The lowest BCUT2D eigenvalue weighted by Crippen LogP contribution is -2.44. The SMILES string of the molecule is CCCCn1c(N)c(N(CCC(C)C)C(=O)Cn2cnc3ccccc3c2=O)c(=O)[nH]c1=O. The Morgan fingerprint density at radius 3 is 2.64 bits per heavy atom. The Kier molecular flexibility index (Phi) is 7.47. The number of anilines is 2. The number of hydrogen-bond donors (Lipinski definition) is 2. The normalized spacial score (nSPS) is 11.3. The van der Waals surface area contributed by atoms with Crippen LogP contribution in [-0.4, -0.2) is 31.6 Å². The zero-order chi connectivity index (χ0) is 24.1. The zero-order valence-electron chi connectivity index (χ0n) is 19.2. The van der Waals surface area contributed by atoms with E-state index in [0.29, 0.717) is 30.3 Å². The van der Waals surface area contributed by atoms with E-state index in [0.717, 1.165) is 6.42 Å². The summed E-state index contributed by atoms with van der Waals surface area (Å²) in [5.74, 6) is -0.303. The van der Waals surface area contributed by atoms with Crippen LogP contribution in [0.1, 0.15) is 40.0 Å². The van der Waals surface area contributed by atoms with Gasteiger partial charge in [0.05, 0.1) is 17.2 Å². The van der Waals surface area contributed by atoms with Gasteiger partial charge in [0, 0.05) is 13.1 Å². The van der Waals surface area contributed by atoms with Crippen LogP contribution in [0, 0.1) is 5.92 Å². The number of fused-ring (bicyclic) bond motifs is 1. The molecule has 2 heterocycles. The lowest BCUT2D eigenvalue weighted by atomic mass is 10.1. The van der Waals surface area contributed by atoms with Crippen molar-refractivity contribution in [3.63, 3.8) is 0 Å². The molecule has 176 valence electrons. The van der Waals surface area contributed by atoms with Crippen LogP contribution in [0.15, 0.2) is 45.0 Å². The van der Waals surface area contributed by atoms with Crippen LogP contribution < -0.4 is 27.4 Å². The summed E-state index contributed by atoms with van der Waals surface area (Å²) in [5.41, 5.74) is 5.00. The second-order valence-electron chi connectivity index (χ2n) is 8.42. The molecule has 0 fully saturated rings. The van der Waals surface area contributed by atoms with Gasteiger partial charge in [-0.15, -0.1) is 0 Å². The van der Waals surface area contributed by atoms with Gasteiger partial charge in [0.2, 0.25) is 5.91 Å². The van der Waals surface area contributed by atoms with Crippen LogP contribution in [0.5, 0.6) is 0 Å². The van der Waals surface area contributed by atoms with Crippen molar-refractivity contribution in [3.05, 3.63) is 61.8 Å². The van der Waals surface area contributed by atoms with Crippen LogP contribution >= 0.6 is 0 Å². The molecule has 33 heavy (non-hydrogen) atoms. The Balaban J connectivity index is 2.04. The van der Waals surface area contributed by atoms with Crippen molar-refractivity contribution in [3.8, 4) is 0 Å². The fourth-order valence-corrected chi connectivity index (χ4v) is 3.57. The Labute approximate surface area is 190 Å². The topological polar surface area (TPSA) is 136 Å². The number of hydrogen-bond acceptors (Lipinski definition) is 6. The van der Waals surface area contributed by atoms with Crippen molar-refractivity contribution in [1.29, 1.82) is 0 Å². The van der Waals surface area contributed by atoms with Crippen molar-refractivity contribution < 1.29 is 4.79 Å². The fourth-order valence-electron chi connectivity index (χ4n) is 3.57. The van der Waals surface area contributed by atoms with Crippen LogP contribution in [0.2, 0.25) is 0 Å². The number of aromatic nitrogens is 4. The number of benzene rings is 1. The van der Waals surface area contributed by atoms with Gasteiger partial charge >= 0.3 is 5.69 Å². The molecule has 0 aliphatic rings. The summed E-state index contributed by atoms with van der Waals surface area (Å²) in [6.07, 6.45) is 3.43. The van der Waals surface area contributed by atoms with Crippen molar-refractivity contribution in [2.45, 2.75) is 53.1 Å². The minimum absolute atomic E-state index is 0.0571. The Hall–Kier alpha value is -3.69. The first-order valence-electron chi connectivity index (χ1n) is 11.1. The van der Waals surface area contributed by atoms with Gasteiger partial charge in [-0.3, -0.25) is 28.5 Å². The van der Waals surface area contributed by atoms with E-state index >= 15 is 0 Å². The van der Waals surface area contributed by atoms with Crippen molar-refractivity contribution in [2.24, 2.45) is 5.92 Å². The number of nitrogens with zero attached hydrogens (tertiary/aromatic N) is 4. The molecule has 3 rings (SSSR count). The third-order valence-corrected chi connectivity index (χ3v) is 5.49. The second kappa shape index (κ2) is 10.3. The molecule has 3 aromatic rings. The van der Waals surface area contributed by atoms with Crippen LogP contribution in [-0.2, 0) is 17.9 Å². The van der Waals surface area contributed by atoms with Gasteiger partial charge in [-0.2, -0.15) is 0 Å². The highest BCUT2D eigenvalue weighted by Crippen LogP contribution is 2.19. The first-order chi connectivity index (χ1) is 15.7. The number of amides is 1. The third kappa shape index (κ3) is 5.21. The number of H-pyrrole nitrogens is 1. The maximum absolute atomic E-state index is 13.4. The molecule has 0 saturated carbocycles. The number of carbonyl (C=O) groups excluding carboxylic acids is 1. The summed E-state index contributed by atoms with van der Waals surface area (Å²) < 4.78 is 2.49. The van der Waals surface area contributed by atoms with E-state index in [9.17, 15) is 19.2 Å². The molecule has 1 amide bonds. The molecule has 0 spiro atoms. The molecule has 2 aromatic heterocycles. The Bertz CT molecular complexity index is 1320. The average Bonchev–Trinajstić information content (AvgIpc) is 2.77. The van der Waals surface area contributed by atoms with Gasteiger partial charge in [0.25, 0.3) is 11.1 Å². The molecule has 1 aromatic carbocycles. The highest BCUT2D eigenvalue weighted by molar-refractivity contribution is 5.95. The Morgan fingerprint density at radius 1 is 1.21 bits per heavy atom. The predicted molar refractivity (Wildman–Crippen MR) is 128 cm³/mol. The lowest BCUT2D eigenvalue weighted by molar-refractivity contribution is -0.119. The van der Waals surface area contributed by atoms with E-state index in [1.54, 1.807) is 24.3 Å². The largest absolute Gasteiger partial charge is 0.383 e. The monoisotopic (exact) mass is 454 g/mol. The molecule has 10 nitrogen and oxygen atoms in total.